The van der Waals surface area contributed by atoms with Gasteiger partial charge in [0.2, 0.25) is 0 Å². The fraction of sp³-hybridized carbons (Fsp3) is 0.200. The molecular formula is C10H9NO3S. The number of aryl methyl sites for hydroxylation is 1. The Morgan fingerprint density at radius 2 is 2.27 bits per heavy atom. The zero-order valence-corrected chi connectivity index (χ0v) is 9.10. The van der Waals surface area contributed by atoms with Crippen LogP contribution < -0.4 is 5.56 Å². The van der Waals surface area contributed by atoms with Crippen LogP contribution in [0.25, 0.3) is 10.1 Å². The van der Waals surface area contributed by atoms with Crippen LogP contribution in [0.1, 0.15) is 15.2 Å². The summed E-state index contributed by atoms with van der Waals surface area (Å²) >= 11 is 1.16. The lowest BCUT2D eigenvalue weighted by atomic mass is 10.2. The SMILES string of the molecule is COC(=O)c1sc2c(=O)[nH]ccc2c1C. The Morgan fingerprint density at radius 3 is 2.87 bits per heavy atom. The number of methoxy groups -OCH3 is 1. The molecule has 0 aliphatic heterocycles. The molecule has 0 saturated carbocycles. The van der Waals surface area contributed by atoms with Crippen LogP contribution in [0.5, 0.6) is 0 Å². The number of carbonyl (C=O) groups is 1. The van der Waals surface area contributed by atoms with Crippen molar-refractivity contribution in [2.75, 3.05) is 7.11 Å². The molecule has 0 aliphatic rings. The second-order valence-electron chi connectivity index (χ2n) is 3.10. The number of pyridine rings is 1. The van der Waals surface area contributed by atoms with Gasteiger partial charge < -0.3 is 9.72 Å². The Hall–Kier alpha value is -1.62. The molecule has 0 radical (unpaired) electrons. The number of rotatable bonds is 1. The summed E-state index contributed by atoms with van der Waals surface area (Å²) in [5.41, 5.74) is 0.628. The summed E-state index contributed by atoms with van der Waals surface area (Å²) in [4.78, 5) is 25.9. The highest BCUT2D eigenvalue weighted by Crippen LogP contribution is 2.28. The number of esters is 1. The van der Waals surface area contributed by atoms with E-state index in [1.807, 2.05) is 6.92 Å². The third-order valence-corrected chi connectivity index (χ3v) is 3.52. The van der Waals surface area contributed by atoms with Crippen LogP contribution >= 0.6 is 11.3 Å². The third-order valence-electron chi connectivity index (χ3n) is 2.23. The Labute approximate surface area is 89.5 Å². The lowest BCUT2D eigenvalue weighted by molar-refractivity contribution is 0.0605. The van der Waals surface area contributed by atoms with Gasteiger partial charge in [0.1, 0.15) is 9.58 Å². The monoisotopic (exact) mass is 223 g/mol. The number of ether oxygens (including phenoxy) is 1. The van der Waals surface area contributed by atoms with Gasteiger partial charge in [-0.05, 0) is 18.6 Å². The lowest BCUT2D eigenvalue weighted by Crippen LogP contribution is -2.01. The van der Waals surface area contributed by atoms with E-state index in [4.69, 9.17) is 0 Å². The van der Waals surface area contributed by atoms with Gasteiger partial charge in [-0.1, -0.05) is 0 Å². The van der Waals surface area contributed by atoms with E-state index in [0.29, 0.717) is 9.58 Å². The average Bonchev–Trinajstić information content (AvgIpc) is 2.57. The standard InChI is InChI=1S/C10H9NO3S/c1-5-6-3-4-11-9(12)8(6)15-7(5)10(13)14-2/h3-4H,1-2H3,(H,11,12). The van der Waals surface area contributed by atoms with E-state index in [9.17, 15) is 9.59 Å². The van der Waals surface area contributed by atoms with Crippen molar-refractivity contribution in [3.8, 4) is 0 Å². The van der Waals surface area contributed by atoms with Gasteiger partial charge in [-0.25, -0.2) is 4.79 Å². The smallest absolute Gasteiger partial charge is 0.348 e. The lowest BCUT2D eigenvalue weighted by Gasteiger charge is -1.95. The highest BCUT2D eigenvalue weighted by Gasteiger charge is 2.16. The molecule has 0 spiro atoms. The fourth-order valence-electron chi connectivity index (χ4n) is 1.45. The highest BCUT2D eigenvalue weighted by molar-refractivity contribution is 7.20. The summed E-state index contributed by atoms with van der Waals surface area (Å²) in [5.74, 6) is -0.395. The summed E-state index contributed by atoms with van der Waals surface area (Å²) < 4.78 is 5.21. The van der Waals surface area contributed by atoms with E-state index < -0.39 is 5.97 Å². The van der Waals surface area contributed by atoms with Gasteiger partial charge in [0.05, 0.1) is 7.11 Å². The first kappa shape index (κ1) is 9.92. The minimum absolute atomic E-state index is 0.171. The maximum atomic E-state index is 11.5. The Kier molecular flexibility index (Phi) is 2.32. The molecule has 0 amide bonds. The zero-order chi connectivity index (χ0) is 11.0. The zero-order valence-electron chi connectivity index (χ0n) is 8.29. The highest BCUT2D eigenvalue weighted by atomic mass is 32.1. The van der Waals surface area contributed by atoms with Gasteiger partial charge in [0, 0.05) is 11.6 Å². The molecule has 0 atom stereocenters. The number of H-pyrrole nitrogens is 1. The number of fused-ring (bicyclic) bond motifs is 1. The Morgan fingerprint density at radius 1 is 1.53 bits per heavy atom. The van der Waals surface area contributed by atoms with Crippen LogP contribution in [0, 0.1) is 6.92 Å². The Bertz CT molecular complexity index is 582. The fourth-order valence-corrected chi connectivity index (χ4v) is 2.57. The summed E-state index contributed by atoms with van der Waals surface area (Å²) in [5, 5.41) is 0.809. The topological polar surface area (TPSA) is 59.2 Å². The number of hydrogen-bond donors (Lipinski definition) is 1. The van der Waals surface area contributed by atoms with Crippen LogP contribution in [0.3, 0.4) is 0 Å². The molecule has 0 unspecified atom stereocenters. The predicted octanol–water partition coefficient (Wildman–Crippen LogP) is 1.68. The minimum Gasteiger partial charge on any atom is -0.465 e. The molecule has 5 heteroatoms. The number of hydrogen-bond acceptors (Lipinski definition) is 4. The summed E-state index contributed by atoms with van der Waals surface area (Å²) in [7, 11) is 1.33. The number of aromatic nitrogens is 1. The van der Waals surface area contributed by atoms with Gasteiger partial charge in [0.15, 0.2) is 0 Å². The van der Waals surface area contributed by atoms with Gasteiger partial charge in [0.25, 0.3) is 5.56 Å². The van der Waals surface area contributed by atoms with E-state index in [1.54, 1.807) is 12.3 Å². The normalized spacial score (nSPS) is 10.5. The molecule has 78 valence electrons. The van der Waals surface area contributed by atoms with E-state index >= 15 is 0 Å². The molecule has 0 saturated heterocycles. The quantitative estimate of drug-likeness (QED) is 0.748. The molecule has 1 N–H and O–H groups in total. The van der Waals surface area contributed by atoms with Crippen molar-refractivity contribution in [3.05, 3.63) is 33.1 Å². The minimum atomic E-state index is -0.395. The molecule has 2 rings (SSSR count). The van der Waals surface area contributed by atoms with E-state index in [2.05, 4.69) is 9.72 Å². The van der Waals surface area contributed by atoms with Gasteiger partial charge in [-0.3, -0.25) is 4.79 Å². The molecule has 0 aromatic carbocycles. The number of thiophene rings is 1. The van der Waals surface area contributed by atoms with Crippen LogP contribution in [-0.4, -0.2) is 18.1 Å². The van der Waals surface area contributed by atoms with Gasteiger partial charge in [-0.15, -0.1) is 11.3 Å². The average molecular weight is 223 g/mol. The molecule has 15 heavy (non-hydrogen) atoms. The molecule has 4 nitrogen and oxygen atoms in total. The first-order valence-electron chi connectivity index (χ1n) is 4.34. The van der Waals surface area contributed by atoms with E-state index in [-0.39, 0.29) is 5.56 Å². The van der Waals surface area contributed by atoms with Crippen molar-refractivity contribution < 1.29 is 9.53 Å². The first-order valence-corrected chi connectivity index (χ1v) is 5.16. The van der Waals surface area contributed by atoms with E-state index in [0.717, 1.165) is 22.3 Å². The van der Waals surface area contributed by atoms with Crippen molar-refractivity contribution in [2.24, 2.45) is 0 Å². The molecule has 2 aromatic rings. The first-order chi connectivity index (χ1) is 7.15. The molecule has 0 bridgehead atoms. The van der Waals surface area contributed by atoms with Crippen LogP contribution in [0.4, 0.5) is 0 Å². The molecule has 0 fully saturated rings. The van der Waals surface area contributed by atoms with E-state index in [1.165, 1.54) is 7.11 Å². The van der Waals surface area contributed by atoms with Crippen LogP contribution in [0.15, 0.2) is 17.1 Å². The maximum Gasteiger partial charge on any atom is 0.348 e. The van der Waals surface area contributed by atoms with Crippen LogP contribution in [0.2, 0.25) is 0 Å². The van der Waals surface area contributed by atoms with Gasteiger partial charge in [-0.2, -0.15) is 0 Å². The third kappa shape index (κ3) is 1.45. The van der Waals surface area contributed by atoms with Crippen molar-refractivity contribution in [2.45, 2.75) is 6.92 Å². The van der Waals surface area contributed by atoms with Crippen molar-refractivity contribution in [1.29, 1.82) is 0 Å². The number of carbonyl (C=O) groups excluding carboxylic acids is 1. The molecule has 2 heterocycles. The van der Waals surface area contributed by atoms with Crippen molar-refractivity contribution >= 4 is 27.4 Å². The summed E-state index contributed by atoms with van der Waals surface area (Å²) in [6.45, 7) is 1.81. The van der Waals surface area contributed by atoms with Crippen molar-refractivity contribution in [1.82, 2.24) is 4.98 Å². The molecule has 2 aromatic heterocycles. The second kappa shape index (κ2) is 3.51. The molecular weight excluding hydrogens is 214 g/mol. The summed E-state index contributed by atoms with van der Waals surface area (Å²) in [6.07, 6.45) is 1.57. The largest absolute Gasteiger partial charge is 0.465 e. The maximum absolute atomic E-state index is 11.5. The number of aromatic amines is 1. The Balaban J connectivity index is 2.80. The summed E-state index contributed by atoms with van der Waals surface area (Å²) in [6, 6.07) is 1.79. The predicted molar refractivity (Wildman–Crippen MR) is 58.5 cm³/mol. The molecule has 0 aliphatic carbocycles. The van der Waals surface area contributed by atoms with Crippen molar-refractivity contribution in [3.63, 3.8) is 0 Å². The second-order valence-corrected chi connectivity index (χ2v) is 4.12. The number of nitrogens with one attached hydrogen (secondary N) is 1. The van der Waals surface area contributed by atoms with Crippen LogP contribution in [-0.2, 0) is 4.74 Å². The van der Waals surface area contributed by atoms with Gasteiger partial charge >= 0.3 is 5.97 Å².